The molecule has 0 aliphatic heterocycles. The molecule has 9 heteroatoms. The van der Waals surface area contributed by atoms with Gasteiger partial charge in [0.1, 0.15) is 5.82 Å². The smallest absolute Gasteiger partial charge is 0.373 e. The van der Waals surface area contributed by atoms with Gasteiger partial charge in [-0.3, -0.25) is 4.79 Å². The Morgan fingerprint density at radius 1 is 1.04 bits per heavy atom. The second kappa shape index (κ2) is 7.89. The normalized spacial score (nSPS) is 14.0. The number of carbonyl (C=O) groups excluding carboxylic acids is 1. The fourth-order valence-corrected chi connectivity index (χ4v) is 3.06. The van der Waals surface area contributed by atoms with E-state index in [0.29, 0.717) is 11.8 Å². The average molecular weight is 405 g/mol. The zero-order valence-corrected chi connectivity index (χ0v) is 15.4. The summed E-state index contributed by atoms with van der Waals surface area (Å²) >= 11 is 2.85. The van der Waals surface area contributed by atoms with Gasteiger partial charge in [-0.25, -0.2) is 4.39 Å². The highest BCUT2D eigenvalue weighted by atomic mass is 32.2. The lowest BCUT2D eigenvalue weighted by molar-refractivity contribution is -0.242. The number of alkyl halides is 3. The van der Waals surface area contributed by atoms with Crippen molar-refractivity contribution in [2.24, 2.45) is 0 Å². The molecule has 26 heavy (non-hydrogen) atoms. The predicted molar refractivity (Wildman–Crippen MR) is 94.1 cm³/mol. The molecule has 0 saturated heterocycles. The largest absolute Gasteiger partial charge is 0.426 e. The molecule has 1 atom stereocenters. The van der Waals surface area contributed by atoms with E-state index in [1.54, 1.807) is 17.1 Å². The van der Waals surface area contributed by atoms with Crippen LogP contribution in [0.2, 0.25) is 0 Å². The van der Waals surface area contributed by atoms with Gasteiger partial charge in [0.05, 0.1) is 5.69 Å². The van der Waals surface area contributed by atoms with Crippen LogP contribution >= 0.6 is 23.5 Å². The maximum absolute atomic E-state index is 14.1. The predicted octanol–water partition coefficient (Wildman–Crippen LogP) is 4.95. The van der Waals surface area contributed by atoms with E-state index < -0.39 is 29.2 Å². The van der Waals surface area contributed by atoms with Gasteiger partial charge in [0.25, 0.3) is 5.91 Å². The minimum absolute atomic E-state index is 0.308. The van der Waals surface area contributed by atoms with E-state index >= 15 is 0 Å². The van der Waals surface area contributed by atoms with Gasteiger partial charge in [-0.05, 0) is 55.6 Å². The highest BCUT2D eigenvalue weighted by Crippen LogP contribution is 2.33. The molecule has 2 aromatic rings. The molecule has 140 valence electrons. The second-order valence-electron chi connectivity index (χ2n) is 5.44. The standard InChI is InChI=1S/C17H15F4NO2S2/c1-16(24,17(19,20)21)15(23)22-14-8-7-12(9-13(14)18)26-11-5-3-10(25-2)4-6-11/h3-9,24H,1-2H3,(H,22,23)/t16-/m1/s1. The lowest BCUT2D eigenvalue weighted by Crippen LogP contribution is -2.52. The monoisotopic (exact) mass is 405 g/mol. The van der Waals surface area contributed by atoms with E-state index in [1.165, 1.54) is 17.8 Å². The Morgan fingerprint density at radius 2 is 1.58 bits per heavy atom. The van der Waals surface area contributed by atoms with Gasteiger partial charge in [0, 0.05) is 14.7 Å². The number of rotatable bonds is 5. The van der Waals surface area contributed by atoms with Crippen molar-refractivity contribution < 1.29 is 27.5 Å². The molecule has 2 rings (SSSR count). The third-order valence-corrected chi connectivity index (χ3v) is 5.22. The van der Waals surface area contributed by atoms with Crippen LogP contribution in [0.25, 0.3) is 0 Å². The summed E-state index contributed by atoms with van der Waals surface area (Å²) in [6.07, 6.45) is -3.23. The molecule has 0 fully saturated rings. The molecule has 0 bridgehead atoms. The van der Waals surface area contributed by atoms with Gasteiger partial charge < -0.3 is 10.4 Å². The van der Waals surface area contributed by atoms with Gasteiger partial charge >= 0.3 is 6.18 Å². The molecule has 1 amide bonds. The first-order chi connectivity index (χ1) is 12.0. The summed E-state index contributed by atoms with van der Waals surface area (Å²) in [7, 11) is 0. The second-order valence-corrected chi connectivity index (χ2v) is 7.47. The molecule has 0 aliphatic rings. The minimum atomic E-state index is -5.17. The van der Waals surface area contributed by atoms with Gasteiger partial charge in [-0.2, -0.15) is 13.2 Å². The van der Waals surface area contributed by atoms with E-state index in [4.69, 9.17) is 0 Å². The van der Waals surface area contributed by atoms with Gasteiger partial charge in [0.2, 0.25) is 5.60 Å². The van der Waals surface area contributed by atoms with E-state index in [-0.39, 0.29) is 0 Å². The van der Waals surface area contributed by atoms with Crippen LogP contribution in [-0.4, -0.2) is 29.0 Å². The number of carbonyl (C=O) groups is 1. The van der Waals surface area contributed by atoms with Gasteiger partial charge in [-0.1, -0.05) is 11.8 Å². The molecule has 2 N–H and O–H groups in total. The first kappa shape index (κ1) is 20.6. The molecule has 0 aliphatic carbocycles. The number of benzene rings is 2. The van der Waals surface area contributed by atoms with Gasteiger partial charge in [-0.15, -0.1) is 11.8 Å². The van der Waals surface area contributed by atoms with Crippen molar-refractivity contribution in [2.75, 3.05) is 11.6 Å². The van der Waals surface area contributed by atoms with Crippen LogP contribution in [0.5, 0.6) is 0 Å². The summed E-state index contributed by atoms with van der Waals surface area (Å²) < 4.78 is 52.0. The zero-order chi connectivity index (χ0) is 19.5. The summed E-state index contributed by atoms with van der Waals surface area (Å²) in [5, 5.41) is 11.1. The quantitative estimate of drug-likeness (QED) is 0.546. The molecular weight excluding hydrogens is 390 g/mol. The third kappa shape index (κ3) is 4.72. The average Bonchev–Trinajstić information content (AvgIpc) is 2.57. The van der Waals surface area contributed by atoms with E-state index in [2.05, 4.69) is 0 Å². The molecule has 0 aromatic heterocycles. The van der Waals surface area contributed by atoms with Crippen molar-refractivity contribution in [3.05, 3.63) is 48.3 Å². The van der Waals surface area contributed by atoms with Gasteiger partial charge in [0.15, 0.2) is 0 Å². The molecule has 0 heterocycles. The first-order valence-corrected chi connectivity index (χ1v) is 9.30. The Labute approximate surface area is 156 Å². The number of halogens is 4. The van der Waals surface area contributed by atoms with E-state index in [0.717, 1.165) is 21.9 Å². The van der Waals surface area contributed by atoms with Crippen molar-refractivity contribution in [2.45, 2.75) is 33.4 Å². The Balaban J connectivity index is 2.12. The summed E-state index contributed by atoms with van der Waals surface area (Å²) in [5.41, 5.74) is -4.06. The Hall–Kier alpha value is -1.71. The lowest BCUT2D eigenvalue weighted by atomic mass is 10.1. The molecule has 0 unspecified atom stereocenters. The Morgan fingerprint density at radius 3 is 2.08 bits per heavy atom. The van der Waals surface area contributed by atoms with E-state index in [9.17, 15) is 27.5 Å². The summed E-state index contributed by atoms with van der Waals surface area (Å²) in [5.74, 6) is -2.65. The van der Waals surface area contributed by atoms with Crippen LogP contribution in [0.3, 0.4) is 0 Å². The summed E-state index contributed by atoms with van der Waals surface area (Å²) in [6.45, 7) is 0.308. The molecule has 0 saturated carbocycles. The van der Waals surface area contributed by atoms with Crippen molar-refractivity contribution in [3.63, 3.8) is 0 Å². The van der Waals surface area contributed by atoms with Crippen molar-refractivity contribution >= 4 is 35.1 Å². The number of aliphatic hydroxyl groups is 1. The highest BCUT2D eigenvalue weighted by molar-refractivity contribution is 7.99. The third-order valence-electron chi connectivity index (χ3n) is 3.48. The fraction of sp³-hybridized carbons (Fsp3) is 0.235. The molecule has 0 radical (unpaired) electrons. The molecular formula is C17H15F4NO2S2. The number of anilines is 1. The lowest BCUT2D eigenvalue weighted by Gasteiger charge is -2.25. The zero-order valence-electron chi connectivity index (χ0n) is 13.7. The van der Waals surface area contributed by atoms with Crippen molar-refractivity contribution in [3.8, 4) is 0 Å². The molecule has 3 nitrogen and oxygen atoms in total. The summed E-state index contributed by atoms with van der Waals surface area (Å²) in [4.78, 5) is 14.1. The van der Waals surface area contributed by atoms with Crippen molar-refractivity contribution in [1.82, 2.24) is 0 Å². The van der Waals surface area contributed by atoms with Crippen LogP contribution in [0.4, 0.5) is 23.2 Å². The minimum Gasteiger partial charge on any atom is -0.373 e. The Kier molecular flexibility index (Phi) is 6.25. The van der Waals surface area contributed by atoms with Crippen LogP contribution in [-0.2, 0) is 4.79 Å². The number of hydrogen-bond donors (Lipinski definition) is 2. The molecule has 0 spiro atoms. The van der Waals surface area contributed by atoms with Crippen LogP contribution < -0.4 is 5.32 Å². The Bertz CT molecular complexity index is 792. The van der Waals surface area contributed by atoms with Crippen LogP contribution in [0.1, 0.15) is 6.92 Å². The fourth-order valence-electron chi connectivity index (χ4n) is 1.81. The number of nitrogens with one attached hydrogen (secondary N) is 1. The highest BCUT2D eigenvalue weighted by Gasteiger charge is 2.55. The first-order valence-electron chi connectivity index (χ1n) is 7.26. The van der Waals surface area contributed by atoms with Crippen molar-refractivity contribution in [1.29, 1.82) is 0 Å². The summed E-state index contributed by atoms with van der Waals surface area (Å²) in [6, 6.07) is 11.3. The maximum Gasteiger partial charge on any atom is 0.426 e. The number of thioether (sulfide) groups is 1. The SMILES string of the molecule is CSc1ccc(Sc2ccc(NC(=O)[C@@](C)(O)C(F)(F)F)c(F)c2)cc1. The van der Waals surface area contributed by atoms with Crippen LogP contribution in [0.15, 0.2) is 57.2 Å². The number of hydrogen-bond acceptors (Lipinski definition) is 4. The van der Waals surface area contributed by atoms with E-state index in [1.807, 2.05) is 30.5 Å². The number of amides is 1. The van der Waals surface area contributed by atoms with Crippen LogP contribution in [0, 0.1) is 5.82 Å². The molecule has 2 aromatic carbocycles. The maximum atomic E-state index is 14.1. The topological polar surface area (TPSA) is 49.3 Å².